The van der Waals surface area contributed by atoms with Crippen LogP contribution in [0.2, 0.25) is 0 Å². The molecule has 1 aromatic carbocycles. The molecule has 1 aliphatic rings. The average Bonchev–Trinajstić information content (AvgIpc) is 2.64. The van der Waals surface area contributed by atoms with Crippen molar-refractivity contribution in [1.82, 2.24) is 9.97 Å². The third-order valence-electron chi connectivity index (χ3n) is 4.04. The highest BCUT2D eigenvalue weighted by atomic mass is 32.2. The number of hydrogen-bond donors (Lipinski definition) is 0. The lowest BCUT2D eigenvalue weighted by Gasteiger charge is -2.28. The van der Waals surface area contributed by atoms with E-state index in [2.05, 4.69) is 38.9 Å². The molecule has 1 fully saturated rings. The third kappa shape index (κ3) is 4.12. The molecule has 0 N–H and O–H groups in total. The quantitative estimate of drug-likeness (QED) is 0.802. The van der Waals surface area contributed by atoms with Crippen molar-refractivity contribution >= 4 is 23.4 Å². The van der Waals surface area contributed by atoms with Crippen molar-refractivity contribution in [3.63, 3.8) is 0 Å². The van der Waals surface area contributed by atoms with E-state index in [1.807, 2.05) is 36.9 Å². The molecule has 2 heterocycles. The molecule has 2 aromatic rings. The predicted octanol–water partition coefficient (Wildman–Crippen LogP) is 3.06. The van der Waals surface area contributed by atoms with Gasteiger partial charge in [-0.3, -0.25) is 0 Å². The molecule has 5 nitrogen and oxygen atoms in total. The van der Waals surface area contributed by atoms with E-state index in [9.17, 15) is 0 Å². The monoisotopic (exact) mass is 344 g/mol. The van der Waals surface area contributed by atoms with Crippen LogP contribution in [0.15, 0.2) is 36.7 Å². The van der Waals surface area contributed by atoms with E-state index in [1.165, 1.54) is 0 Å². The normalized spacial score (nSPS) is 14.5. The third-order valence-corrected chi connectivity index (χ3v) is 4.99. The summed E-state index contributed by atoms with van der Waals surface area (Å²) in [5.74, 6) is 5.22. The molecule has 24 heavy (non-hydrogen) atoms. The van der Waals surface area contributed by atoms with Gasteiger partial charge in [-0.15, -0.1) is 0 Å². The first-order valence-electron chi connectivity index (χ1n) is 8.34. The molecule has 6 heteroatoms. The van der Waals surface area contributed by atoms with Gasteiger partial charge in [0.05, 0.1) is 6.61 Å². The van der Waals surface area contributed by atoms with E-state index in [4.69, 9.17) is 4.74 Å². The molecule has 0 saturated carbocycles. The maximum Gasteiger partial charge on any atom is 0.134 e. The topological polar surface area (TPSA) is 41.5 Å². The van der Waals surface area contributed by atoms with Gasteiger partial charge in [-0.1, -0.05) is 18.2 Å². The van der Waals surface area contributed by atoms with E-state index in [1.54, 1.807) is 6.33 Å². The number of hydrogen-bond acceptors (Lipinski definition) is 6. The van der Waals surface area contributed by atoms with E-state index in [-0.39, 0.29) is 0 Å². The summed E-state index contributed by atoms with van der Waals surface area (Å²) in [6.07, 6.45) is 1.66. The molecule has 0 atom stereocenters. The molecule has 0 bridgehead atoms. The van der Waals surface area contributed by atoms with E-state index in [0.29, 0.717) is 6.61 Å². The van der Waals surface area contributed by atoms with Crippen LogP contribution in [0.3, 0.4) is 0 Å². The molecule has 0 amide bonds. The zero-order valence-electron chi connectivity index (χ0n) is 14.3. The largest absolute Gasteiger partial charge is 0.494 e. The highest BCUT2D eigenvalue weighted by Gasteiger charge is 2.15. The lowest BCUT2D eigenvalue weighted by atomic mass is 10.2. The lowest BCUT2D eigenvalue weighted by molar-refractivity contribution is 0.336. The van der Waals surface area contributed by atoms with Crippen LogP contribution >= 0.6 is 11.8 Å². The van der Waals surface area contributed by atoms with Gasteiger partial charge in [0.15, 0.2) is 0 Å². The van der Waals surface area contributed by atoms with E-state index < -0.39 is 0 Å². The number of rotatable bonds is 6. The molecule has 0 radical (unpaired) electrons. The van der Waals surface area contributed by atoms with Crippen molar-refractivity contribution in [2.45, 2.75) is 13.5 Å². The van der Waals surface area contributed by atoms with Gasteiger partial charge < -0.3 is 14.5 Å². The summed E-state index contributed by atoms with van der Waals surface area (Å²) in [7, 11) is 2.06. The number of anilines is 2. The van der Waals surface area contributed by atoms with Crippen molar-refractivity contribution in [3.05, 3.63) is 42.2 Å². The first-order valence-corrected chi connectivity index (χ1v) is 9.50. The Morgan fingerprint density at radius 2 is 2.00 bits per heavy atom. The minimum atomic E-state index is 0.672. The number of para-hydroxylation sites is 1. The second-order valence-electron chi connectivity index (χ2n) is 5.73. The zero-order valence-corrected chi connectivity index (χ0v) is 15.1. The maximum atomic E-state index is 5.72. The van der Waals surface area contributed by atoms with Crippen LogP contribution in [0, 0.1) is 0 Å². The first-order chi connectivity index (χ1) is 11.8. The highest BCUT2D eigenvalue weighted by molar-refractivity contribution is 7.99. The van der Waals surface area contributed by atoms with Gasteiger partial charge in [0, 0.05) is 49.8 Å². The van der Waals surface area contributed by atoms with Gasteiger partial charge in [0.2, 0.25) is 0 Å². The van der Waals surface area contributed by atoms with Gasteiger partial charge in [-0.2, -0.15) is 11.8 Å². The Bertz CT molecular complexity index is 661. The molecule has 0 unspecified atom stereocenters. The summed E-state index contributed by atoms with van der Waals surface area (Å²) in [5.41, 5.74) is 1.16. The zero-order chi connectivity index (χ0) is 16.8. The van der Waals surface area contributed by atoms with E-state index >= 15 is 0 Å². The average molecular weight is 344 g/mol. The predicted molar refractivity (Wildman–Crippen MR) is 101 cm³/mol. The highest BCUT2D eigenvalue weighted by Crippen LogP contribution is 2.24. The summed E-state index contributed by atoms with van der Waals surface area (Å²) in [4.78, 5) is 13.4. The molecular weight excluding hydrogens is 320 g/mol. The minimum Gasteiger partial charge on any atom is -0.494 e. The Kier molecular flexibility index (Phi) is 5.80. The fraction of sp³-hybridized carbons (Fsp3) is 0.444. The molecule has 1 saturated heterocycles. The fourth-order valence-corrected chi connectivity index (χ4v) is 3.68. The Hall–Kier alpha value is -1.95. The number of thioether (sulfide) groups is 1. The number of nitrogens with zero attached hydrogens (tertiary/aromatic N) is 4. The lowest BCUT2D eigenvalue weighted by Crippen LogP contribution is -2.33. The first kappa shape index (κ1) is 16.9. The Labute approximate surface area is 148 Å². The Morgan fingerprint density at radius 1 is 1.21 bits per heavy atom. The molecule has 128 valence electrons. The fourth-order valence-electron chi connectivity index (χ4n) is 2.78. The molecule has 3 rings (SSSR count). The standard InChI is InChI=1S/C18H24N4OS/c1-3-23-16-7-5-4-6-15(16)13-21(2)17-12-18(20-14-19-17)22-8-10-24-11-9-22/h4-7,12,14H,3,8-11,13H2,1-2H3. The molecule has 1 aliphatic heterocycles. The van der Waals surface area contributed by atoms with Crippen molar-refractivity contribution in [2.24, 2.45) is 0 Å². The maximum absolute atomic E-state index is 5.72. The van der Waals surface area contributed by atoms with Crippen LogP contribution in [-0.2, 0) is 6.54 Å². The number of aromatic nitrogens is 2. The van der Waals surface area contributed by atoms with Crippen LogP contribution in [0.4, 0.5) is 11.6 Å². The van der Waals surface area contributed by atoms with Crippen LogP contribution in [-0.4, -0.2) is 48.2 Å². The van der Waals surface area contributed by atoms with Crippen molar-refractivity contribution in [1.29, 1.82) is 0 Å². The van der Waals surface area contributed by atoms with Crippen molar-refractivity contribution < 1.29 is 4.74 Å². The van der Waals surface area contributed by atoms with Crippen molar-refractivity contribution in [3.8, 4) is 5.75 Å². The van der Waals surface area contributed by atoms with Crippen LogP contribution in [0.25, 0.3) is 0 Å². The van der Waals surface area contributed by atoms with Crippen LogP contribution in [0.1, 0.15) is 12.5 Å². The smallest absolute Gasteiger partial charge is 0.134 e. The Morgan fingerprint density at radius 3 is 2.79 bits per heavy atom. The summed E-state index contributed by atoms with van der Waals surface area (Å²) in [6, 6.07) is 10.3. The van der Waals surface area contributed by atoms with Gasteiger partial charge >= 0.3 is 0 Å². The van der Waals surface area contributed by atoms with Crippen LogP contribution in [0.5, 0.6) is 5.75 Å². The molecule has 1 aromatic heterocycles. The number of benzene rings is 1. The van der Waals surface area contributed by atoms with Gasteiger partial charge in [-0.05, 0) is 13.0 Å². The summed E-state index contributed by atoms with van der Waals surface area (Å²) < 4.78 is 5.72. The SMILES string of the molecule is CCOc1ccccc1CN(C)c1cc(N2CCSCC2)ncn1. The molecular formula is C18H24N4OS. The van der Waals surface area contributed by atoms with Crippen LogP contribution < -0.4 is 14.5 Å². The van der Waals surface area contributed by atoms with Gasteiger partial charge in [-0.25, -0.2) is 9.97 Å². The second kappa shape index (κ2) is 8.24. The summed E-state index contributed by atoms with van der Waals surface area (Å²) >= 11 is 2.00. The summed E-state index contributed by atoms with van der Waals surface area (Å²) in [5, 5.41) is 0. The van der Waals surface area contributed by atoms with E-state index in [0.717, 1.165) is 54.1 Å². The Balaban J connectivity index is 1.74. The van der Waals surface area contributed by atoms with Crippen molar-refractivity contribution in [2.75, 3.05) is 48.0 Å². The van der Waals surface area contributed by atoms with Gasteiger partial charge in [0.1, 0.15) is 23.7 Å². The number of ether oxygens (including phenoxy) is 1. The molecule has 0 spiro atoms. The summed E-state index contributed by atoms with van der Waals surface area (Å²) in [6.45, 7) is 5.54. The molecule has 0 aliphatic carbocycles. The second-order valence-corrected chi connectivity index (χ2v) is 6.96. The minimum absolute atomic E-state index is 0.672. The van der Waals surface area contributed by atoms with Gasteiger partial charge in [0.25, 0.3) is 0 Å².